The zero-order chi connectivity index (χ0) is 14.6. The van der Waals surface area contributed by atoms with Gasteiger partial charge in [-0.15, -0.1) is 0 Å². The van der Waals surface area contributed by atoms with Crippen molar-refractivity contribution in [1.29, 1.82) is 0 Å². The van der Waals surface area contributed by atoms with E-state index in [1.54, 1.807) is 32.9 Å². The Morgan fingerprint density at radius 1 is 1.42 bits per heavy atom. The van der Waals surface area contributed by atoms with Crippen LogP contribution in [0.3, 0.4) is 0 Å². The van der Waals surface area contributed by atoms with E-state index >= 15 is 0 Å². The van der Waals surface area contributed by atoms with Gasteiger partial charge in [0.05, 0.1) is 16.7 Å². The summed E-state index contributed by atoms with van der Waals surface area (Å²) in [4.78, 5) is 11.7. The van der Waals surface area contributed by atoms with Crippen molar-refractivity contribution in [3.05, 3.63) is 27.7 Å². The Hall–Kier alpha value is -0.970. The van der Waals surface area contributed by atoms with Gasteiger partial charge in [0.15, 0.2) is 0 Å². The lowest BCUT2D eigenvalue weighted by molar-refractivity contribution is -0.149. The average Bonchev–Trinajstić information content (AvgIpc) is 2.34. The fourth-order valence-corrected chi connectivity index (χ4v) is 1.90. The molecule has 6 heteroatoms. The first-order valence-electron chi connectivity index (χ1n) is 5.94. The Kier molecular flexibility index (Phi) is 5.47. The Balaban J connectivity index is 2.82. The minimum absolute atomic E-state index is 0.327. The summed E-state index contributed by atoms with van der Waals surface area (Å²) in [5.41, 5.74) is 6.23. The predicted molar refractivity (Wildman–Crippen MR) is 78.4 cm³/mol. The monoisotopic (exact) mass is 304 g/mol. The summed E-state index contributed by atoms with van der Waals surface area (Å²) in [5.74, 6) is -0.327. The maximum Gasteiger partial charge on any atom is 0.325 e. The van der Waals surface area contributed by atoms with E-state index in [4.69, 9.17) is 33.7 Å². The molecule has 0 saturated carbocycles. The number of hydrogen-bond donors (Lipinski definition) is 2. The second-order valence-electron chi connectivity index (χ2n) is 4.63. The van der Waals surface area contributed by atoms with Crippen molar-refractivity contribution in [1.82, 2.24) is 5.32 Å². The number of carbonyl (C=O) groups is 1. The summed E-state index contributed by atoms with van der Waals surface area (Å²) >= 11 is 12.0. The van der Waals surface area contributed by atoms with Crippen LogP contribution in [0.25, 0.3) is 0 Å². The summed E-state index contributed by atoms with van der Waals surface area (Å²) in [5, 5.41) is 3.90. The van der Waals surface area contributed by atoms with Crippen molar-refractivity contribution in [2.75, 3.05) is 12.3 Å². The van der Waals surface area contributed by atoms with Crippen molar-refractivity contribution in [2.45, 2.75) is 32.9 Å². The molecule has 0 aliphatic rings. The Labute approximate surface area is 123 Å². The summed E-state index contributed by atoms with van der Waals surface area (Å²) < 4.78 is 4.99. The fraction of sp³-hybridized carbons (Fsp3) is 0.462. The molecule has 19 heavy (non-hydrogen) atoms. The first kappa shape index (κ1) is 16.1. The molecule has 0 aliphatic carbocycles. The van der Waals surface area contributed by atoms with Crippen LogP contribution in [-0.2, 0) is 16.1 Å². The lowest BCUT2D eigenvalue weighted by Gasteiger charge is -2.24. The zero-order valence-electron chi connectivity index (χ0n) is 11.2. The molecule has 4 nitrogen and oxygen atoms in total. The number of nitrogen functional groups attached to an aromatic ring is 1. The SMILES string of the molecule is CCOC(=O)C(C)(C)NCc1c(N)ccc(Cl)c1Cl. The lowest BCUT2D eigenvalue weighted by Crippen LogP contribution is -2.47. The van der Waals surface area contributed by atoms with Crippen LogP contribution in [0, 0.1) is 0 Å². The third kappa shape index (κ3) is 4.00. The van der Waals surface area contributed by atoms with E-state index in [0.717, 1.165) is 0 Å². The van der Waals surface area contributed by atoms with Gasteiger partial charge in [-0.05, 0) is 32.9 Å². The van der Waals surface area contributed by atoms with Crippen molar-refractivity contribution in [3.63, 3.8) is 0 Å². The highest BCUT2D eigenvalue weighted by atomic mass is 35.5. The number of carbonyl (C=O) groups excluding carboxylic acids is 1. The van der Waals surface area contributed by atoms with Crippen molar-refractivity contribution >= 4 is 34.9 Å². The van der Waals surface area contributed by atoms with E-state index in [1.165, 1.54) is 0 Å². The lowest BCUT2D eigenvalue weighted by atomic mass is 10.0. The number of nitrogens with two attached hydrogens (primary N) is 1. The van der Waals surface area contributed by atoms with Gasteiger partial charge >= 0.3 is 5.97 Å². The molecule has 0 bridgehead atoms. The van der Waals surface area contributed by atoms with Gasteiger partial charge < -0.3 is 10.5 Å². The van der Waals surface area contributed by atoms with Gasteiger partial charge in [-0.2, -0.15) is 0 Å². The van der Waals surface area contributed by atoms with Crippen molar-refractivity contribution in [3.8, 4) is 0 Å². The molecular weight excluding hydrogens is 287 g/mol. The molecule has 0 spiro atoms. The third-order valence-corrected chi connectivity index (χ3v) is 3.57. The number of anilines is 1. The second kappa shape index (κ2) is 6.46. The summed E-state index contributed by atoms with van der Waals surface area (Å²) in [7, 11) is 0. The highest BCUT2D eigenvalue weighted by Crippen LogP contribution is 2.30. The maximum absolute atomic E-state index is 11.7. The molecule has 0 unspecified atom stereocenters. The minimum Gasteiger partial charge on any atom is -0.465 e. The predicted octanol–water partition coefficient (Wildman–Crippen LogP) is 3.01. The number of rotatable bonds is 5. The zero-order valence-corrected chi connectivity index (χ0v) is 12.7. The maximum atomic E-state index is 11.7. The summed E-state index contributed by atoms with van der Waals surface area (Å²) in [6, 6.07) is 3.32. The molecule has 0 fully saturated rings. The van der Waals surface area contributed by atoms with Crippen LogP contribution in [0.5, 0.6) is 0 Å². The smallest absolute Gasteiger partial charge is 0.325 e. The fourth-order valence-electron chi connectivity index (χ4n) is 1.48. The van der Waals surface area contributed by atoms with E-state index < -0.39 is 5.54 Å². The van der Waals surface area contributed by atoms with Gasteiger partial charge in [0.25, 0.3) is 0 Å². The molecule has 0 saturated heterocycles. The molecule has 0 aliphatic heterocycles. The molecule has 1 aromatic rings. The number of benzene rings is 1. The van der Waals surface area contributed by atoms with Crippen LogP contribution in [-0.4, -0.2) is 18.1 Å². The van der Waals surface area contributed by atoms with Gasteiger partial charge in [-0.25, -0.2) is 0 Å². The van der Waals surface area contributed by atoms with Crippen molar-refractivity contribution in [2.24, 2.45) is 0 Å². The highest BCUT2D eigenvalue weighted by Gasteiger charge is 2.28. The molecule has 106 valence electrons. The number of halogens is 2. The largest absolute Gasteiger partial charge is 0.465 e. The van der Waals surface area contributed by atoms with Crippen LogP contribution in [0.4, 0.5) is 5.69 Å². The summed E-state index contributed by atoms with van der Waals surface area (Å²) in [6.45, 7) is 5.90. The standard InChI is InChI=1S/C13H18Cl2N2O2/c1-4-19-12(18)13(2,3)17-7-8-10(16)6-5-9(14)11(8)15/h5-6,17H,4,7,16H2,1-3H3. The van der Waals surface area contributed by atoms with E-state index in [1.807, 2.05) is 0 Å². The molecule has 0 aromatic heterocycles. The Morgan fingerprint density at radius 3 is 2.63 bits per heavy atom. The van der Waals surface area contributed by atoms with Crippen LogP contribution < -0.4 is 11.1 Å². The van der Waals surface area contributed by atoms with Gasteiger partial charge in [0, 0.05) is 17.8 Å². The van der Waals surface area contributed by atoms with Gasteiger partial charge in [0.1, 0.15) is 5.54 Å². The van der Waals surface area contributed by atoms with Crippen LogP contribution >= 0.6 is 23.2 Å². The minimum atomic E-state index is -0.825. The number of esters is 1. The average molecular weight is 305 g/mol. The third-order valence-electron chi connectivity index (χ3n) is 2.73. The van der Waals surface area contributed by atoms with E-state index in [-0.39, 0.29) is 5.97 Å². The Bertz CT molecular complexity index is 476. The first-order chi connectivity index (χ1) is 8.79. The molecule has 3 N–H and O–H groups in total. The molecule has 0 radical (unpaired) electrons. The highest BCUT2D eigenvalue weighted by molar-refractivity contribution is 6.42. The summed E-state index contributed by atoms with van der Waals surface area (Å²) in [6.07, 6.45) is 0. The molecule has 0 amide bonds. The van der Waals surface area contributed by atoms with E-state index in [2.05, 4.69) is 5.32 Å². The van der Waals surface area contributed by atoms with Gasteiger partial charge in [0.2, 0.25) is 0 Å². The topological polar surface area (TPSA) is 64.3 Å². The van der Waals surface area contributed by atoms with Crippen LogP contribution in [0.15, 0.2) is 12.1 Å². The number of ether oxygens (including phenoxy) is 1. The molecular formula is C13H18Cl2N2O2. The Morgan fingerprint density at radius 2 is 2.05 bits per heavy atom. The van der Waals surface area contributed by atoms with Crippen LogP contribution in [0.1, 0.15) is 26.3 Å². The quantitative estimate of drug-likeness (QED) is 0.648. The molecule has 1 rings (SSSR count). The van der Waals surface area contributed by atoms with E-state index in [9.17, 15) is 4.79 Å². The molecule has 0 heterocycles. The molecule has 0 atom stereocenters. The first-order valence-corrected chi connectivity index (χ1v) is 6.69. The number of hydrogen-bond acceptors (Lipinski definition) is 4. The van der Waals surface area contributed by atoms with Crippen molar-refractivity contribution < 1.29 is 9.53 Å². The van der Waals surface area contributed by atoms with Gasteiger partial charge in [-0.1, -0.05) is 23.2 Å². The van der Waals surface area contributed by atoms with E-state index in [0.29, 0.717) is 34.4 Å². The number of nitrogens with one attached hydrogen (secondary N) is 1. The molecule has 1 aromatic carbocycles. The van der Waals surface area contributed by atoms with Crippen LogP contribution in [0.2, 0.25) is 10.0 Å². The normalized spacial score (nSPS) is 11.4. The van der Waals surface area contributed by atoms with Gasteiger partial charge in [-0.3, -0.25) is 10.1 Å². The second-order valence-corrected chi connectivity index (χ2v) is 5.41.